The molecule has 1 N–H and O–H groups in total. The van der Waals surface area contributed by atoms with Crippen LogP contribution in [0.15, 0.2) is 42.6 Å². The van der Waals surface area contributed by atoms with Crippen molar-refractivity contribution in [2.24, 2.45) is 0 Å². The average Bonchev–Trinajstić information content (AvgIpc) is 2.87. The van der Waals surface area contributed by atoms with Gasteiger partial charge < -0.3 is 14.4 Å². The van der Waals surface area contributed by atoms with Crippen molar-refractivity contribution < 1.29 is 9.84 Å². The molecule has 0 atom stereocenters. The van der Waals surface area contributed by atoms with Crippen LogP contribution in [0.1, 0.15) is 6.42 Å². The molecule has 0 saturated carbocycles. The minimum absolute atomic E-state index is 0.232. The van der Waals surface area contributed by atoms with Gasteiger partial charge in [0.05, 0.1) is 0 Å². The Hall–Kier alpha value is -2.40. The lowest BCUT2D eigenvalue weighted by atomic mass is 10.2. The van der Waals surface area contributed by atoms with E-state index >= 15 is 0 Å². The molecule has 0 bridgehead atoms. The number of phenolic OH excluding ortho intramolecular Hbond substituents is 1. The summed E-state index contributed by atoms with van der Waals surface area (Å²) in [5.74, 6) is 1.05. The molecule has 2 aromatic heterocycles. The average molecular weight is 283 g/mol. The molecule has 0 saturated heterocycles. The Morgan fingerprint density at radius 3 is 2.95 bits per heavy atom. The Bertz CT molecular complexity index is 752. The van der Waals surface area contributed by atoms with Gasteiger partial charge in [0.2, 0.25) is 0 Å². The van der Waals surface area contributed by atoms with Gasteiger partial charge in [-0.1, -0.05) is 12.1 Å². The summed E-state index contributed by atoms with van der Waals surface area (Å²) in [4.78, 5) is 9.08. The first kappa shape index (κ1) is 13.6. The van der Waals surface area contributed by atoms with Crippen LogP contribution in [0.5, 0.6) is 5.75 Å². The summed E-state index contributed by atoms with van der Waals surface area (Å²) >= 11 is 0. The second-order valence-corrected chi connectivity index (χ2v) is 4.83. The number of imidazole rings is 1. The molecule has 0 aliphatic rings. The number of methoxy groups -OCH3 is 1. The molecule has 1 aromatic carbocycles. The van der Waals surface area contributed by atoms with Gasteiger partial charge in [-0.2, -0.15) is 0 Å². The Morgan fingerprint density at radius 2 is 2.14 bits per heavy atom. The summed E-state index contributed by atoms with van der Waals surface area (Å²) in [6, 6.07) is 10.9. The van der Waals surface area contributed by atoms with E-state index in [1.807, 2.05) is 24.3 Å². The normalized spacial score (nSPS) is 11.1. The number of aromatic hydroxyl groups is 1. The number of hydrogen-bond acceptors (Lipinski definition) is 4. The minimum atomic E-state index is 0.232. The van der Waals surface area contributed by atoms with E-state index in [1.165, 1.54) is 0 Å². The molecular formula is C16H17N3O2. The van der Waals surface area contributed by atoms with Crippen molar-refractivity contribution in [3.63, 3.8) is 0 Å². The number of nitrogens with zero attached hydrogens (tertiary/aromatic N) is 3. The number of ether oxygens (including phenoxy) is 1. The van der Waals surface area contributed by atoms with E-state index < -0.39 is 0 Å². The Labute approximate surface area is 122 Å². The highest BCUT2D eigenvalue weighted by Crippen LogP contribution is 2.26. The molecule has 2 heterocycles. The fraction of sp³-hybridized carbons (Fsp3) is 0.250. The number of phenols is 1. The molecule has 5 nitrogen and oxygen atoms in total. The highest BCUT2D eigenvalue weighted by molar-refractivity contribution is 5.77. The standard InChI is InChI=1S/C16H17N3O2/c1-21-10-4-9-19-15(12-5-2-6-13(20)11-12)18-14-7-3-8-17-16(14)19/h2-3,5-8,11,20H,4,9-10H2,1H3. The van der Waals surface area contributed by atoms with Crippen molar-refractivity contribution in [1.29, 1.82) is 0 Å². The molecular weight excluding hydrogens is 266 g/mol. The monoisotopic (exact) mass is 283 g/mol. The van der Waals surface area contributed by atoms with Gasteiger partial charge in [0.15, 0.2) is 5.65 Å². The Morgan fingerprint density at radius 1 is 1.24 bits per heavy atom. The third-order valence-corrected chi connectivity index (χ3v) is 3.34. The number of benzene rings is 1. The maximum absolute atomic E-state index is 9.68. The molecule has 21 heavy (non-hydrogen) atoms. The maximum Gasteiger partial charge on any atom is 0.160 e. The number of rotatable bonds is 5. The van der Waals surface area contributed by atoms with Crippen LogP contribution in [0.25, 0.3) is 22.6 Å². The fourth-order valence-corrected chi connectivity index (χ4v) is 2.40. The molecule has 0 fully saturated rings. The molecule has 3 rings (SSSR count). The van der Waals surface area contributed by atoms with Gasteiger partial charge in [-0.25, -0.2) is 9.97 Å². The minimum Gasteiger partial charge on any atom is -0.508 e. The second-order valence-electron chi connectivity index (χ2n) is 4.83. The van der Waals surface area contributed by atoms with Crippen LogP contribution in [-0.4, -0.2) is 33.4 Å². The molecule has 0 radical (unpaired) electrons. The van der Waals surface area contributed by atoms with Gasteiger partial charge in [-0.3, -0.25) is 0 Å². The first-order valence-corrected chi connectivity index (χ1v) is 6.89. The second kappa shape index (κ2) is 5.93. The highest BCUT2D eigenvalue weighted by Gasteiger charge is 2.13. The molecule has 0 spiro atoms. The fourth-order valence-electron chi connectivity index (χ4n) is 2.40. The van der Waals surface area contributed by atoms with E-state index in [2.05, 4.69) is 14.5 Å². The van der Waals surface area contributed by atoms with Crippen molar-refractivity contribution >= 4 is 11.2 Å². The molecule has 0 aliphatic heterocycles. The summed E-state index contributed by atoms with van der Waals surface area (Å²) in [6.07, 6.45) is 2.65. The summed E-state index contributed by atoms with van der Waals surface area (Å²) in [7, 11) is 1.69. The molecule has 0 aliphatic carbocycles. The molecule has 108 valence electrons. The van der Waals surface area contributed by atoms with Crippen LogP contribution in [0, 0.1) is 0 Å². The van der Waals surface area contributed by atoms with Gasteiger partial charge >= 0.3 is 0 Å². The highest BCUT2D eigenvalue weighted by atomic mass is 16.5. The van der Waals surface area contributed by atoms with Crippen LogP contribution in [0.2, 0.25) is 0 Å². The summed E-state index contributed by atoms with van der Waals surface area (Å²) in [5, 5.41) is 9.68. The van der Waals surface area contributed by atoms with Crippen molar-refractivity contribution in [2.75, 3.05) is 13.7 Å². The summed E-state index contributed by atoms with van der Waals surface area (Å²) < 4.78 is 7.20. The predicted octanol–water partition coefficient (Wildman–Crippen LogP) is 2.84. The van der Waals surface area contributed by atoms with Crippen molar-refractivity contribution in [1.82, 2.24) is 14.5 Å². The van der Waals surface area contributed by atoms with Gasteiger partial charge in [-0.15, -0.1) is 0 Å². The number of pyridine rings is 1. The van der Waals surface area contributed by atoms with Crippen LogP contribution in [-0.2, 0) is 11.3 Å². The third kappa shape index (κ3) is 2.73. The van der Waals surface area contributed by atoms with Crippen LogP contribution in [0.4, 0.5) is 0 Å². The first-order valence-electron chi connectivity index (χ1n) is 6.89. The van der Waals surface area contributed by atoms with Gasteiger partial charge in [0, 0.05) is 32.0 Å². The first-order chi connectivity index (χ1) is 10.3. The smallest absolute Gasteiger partial charge is 0.160 e. The zero-order valence-corrected chi connectivity index (χ0v) is 11.9. The third-order valence-electron chi connectivity index (χ3n) is 3.34. The van der Waals surface area contributed by atoms with Gasteiger partial charge in [0.25, 0.3) is 0 Å². The molecule has 5 heteroatoms. The Kier molecular flexibility index (Phi) is 3.83. The lowest BCUT2D eigenvalue weighted by Crippen LogP contribution is -2.04. The number of fused-ring (bicyclic) bond motifs is 1. The molecule has 0 amide bonds. The van der Waals surface area contributed by atoms with E-state index in [9.17, 15) is 5.11 Å². The largest absolute Gasteiger partial charge is 0.508 e. The van der Waals surface area contributed by atoms with Crippen LogP contribution in [0.3, 0.4) is 0 Å². The summed E-state index contributed by atoms with van der Waals surface area (Å²) in [5.41, 5.74) is 2.59. The number of hydrogen-bond donors (Lipinski definition) is 1. The van der Waals surface area contributed by atoms with E-state index in [4.69, 9.17) is 4.74 Å². The van der Waals surface area contributed by atoms with Crippen LogP contribution < -0.4 is 0 Å². The quantitative estimate of drug-likeness (QED) is 0.731. The zero-order valence-electron chi connectivity index (χ0n) is 11.9. The molecule has 0 unspecified atom stereocenters. The topological polar surface area (TPSA) is 60.2 Å². The lowest BCUT2D eigenvalue weighted by Gasteiger charge is -2.08. The number of aryl methyl sites for hydroxylation is 1. The molecule has 3 aromatic rings. The Balaban J connectivity index is 2.09. The van der Waals surface area contributed by atoms with Crippen molar-refractivity contribution in [3.8, 4) is 17.1 Å². The van der Waals surface area contributed by atoms with Crippen molar-refractivity contribution in [3.05, 3.63) is 42.6 Å². The number of aromatic nitrogens is 3. The van der Waals surface area contributed by atoms with E-state index in [-0.39, 0.29) is 5.75 Å². The maximum atomic E-state index is 9.68. The SMILES string of the molecule is COCCCn1c(-c2cccc(O)c2)nc2cccnc21. The van der Waals surface area contributed by atoms with E-state index in [0.29, 0.717) is 6.61 Å². The van der Waals surface area contributed by atoms with E-state index in [1.54, 1.807) is 25.4 Å². The summed E-state index contributed by atoms with van der Waals surface area (Å²) in [6.45, 7) is 1.46. The van der Waals surface area contributed by atoms with E-state index in [0.717, 1.165) is 35.5 Å². The van der Waals surface area contributed by atoms with Gasteiger partial charge in [-0.05, 0) is 30.7 Å². The lowest BCUT2D eigenvalue weighted by molar-refractivity contribution is 0.191. The van der Waals surface area contributed by atoms with Gasteiger partial charge in [0.1, 0.15) is 17.1 Å². The van der Waals surface area contributed by atoms with Crippen molar-refractivity contribution in [2.45, 2.75) is 13.0 Å². The zero-order chi connectivity index (χ0) is 14.7. The van der Waals surface area contributed by atoms with Crippen LogP contribution >= 0.6 is 0 Å². The predicted molar refractivity (Wildman–Crippen MR) is 81.1 cm³/mol.